The number of halogens is 3. The van der Waals surface area contributed by atoms with E-state index < -0.39 is 0 Å². The molecule has 0 saturated carbocycles. The van der Waals surface area contributed by atoms with Crippen LogP contribution in [0.1, 0.15) is 5.56 Å². The number of rotatable bonds is 3. The zero-order valence-electron chi connectivity index (χ0n) is 13.0. The molecule has 1 aliphatic heterocycles. The van der Waals surface area contributed by atoms with Gasteiger partial charge in [-0.1, -0.05) is 46.9 Å². The molecule has 0 N–H and O–H groups in total. The van der Waals surface area contributed by atoms with Gasteiger partial charge < -0.3 is 9.80 Å². The zero-order chi connectivity index (χ0) is 17.1. The first kappa shape index (κ1) is 17.4. The number of carbonyl (C=O) groups excluding carboxylic acids is 1. The summed E-state index contributed by atoms with van der Waals surface area (Å²) in [6, 6.07) is 13.0. The van der Waals surface area contributed by atoms with Gasteiger partial charge in [-0.2, -0.15) is 0 Å². The van der Waals surface area contributed by atoms with Crippen molar-refractivity contribution in [3.8, 4) is 0 Å². The molecular formula is C18H17Cl3N2O. The van der Waals surface area contributed by atoms with Crippen LogP contribution in [0.5, 0.6) is 0 Å². The van der Waals surface area contributed by atoms with Gasteiger partial charge in [0.15, 0.2) is 0 Å². The van der Waals surface area contributed by atoms with Crippen molar-refractivity contribution in [1.29, 1.82) is 0 Å². The average molecular weight is 384 g/mol. The highest BCUT2D eigenvalue weighted by Gasteiger charge is 2.21. The Labute approximate surface area is 156 Å². The van der Waals surface area contributed by atoms with Crippen LogP contribution in [-0.4, -0.2) is 37.0 Å². The van der Waals surface area contributed by atoms with E-state index in [1.54, 1.807) is 6.07 Å². The molecule has 1 saturated heterocycles. The molecule has 24 heavy (non-hydrogen) atoms. The quantitative estimate of drug-likeness (QED) is 0.777. The third-order valence-electron chi connectivity index (χ3n) is 4.17. The second-order valence-electron chi connectivity index (χ2n) is 5.77. The largest absolute Gasteiger partial charge is 0.368 e. The first-order chi connectivity index (χ1) is 11.5. The fourth-order valence-corrected chi connectivity index (χ4v) is 3.20. The van der Waals surface area contributed by atoms with E-state index in [1.807, 2.05) is 41.3 Å². The average Bonchev–Trinajstić information content (AvgIpc) is 2.59. The van der Waals surface area contributed by atoms with Gasteiger partial charge in [0.25, 0.3) is 0 Å². The minimum absolute atomic E-state index is 0.145. The van der Waals surface area contributed by atoms with Crippen LogP contribution in [0.3, 0.4) is 0 Å². The fraction of sp³-hybridized carbons (Fsp3) is 0.278. The van der Waals surface area contributed by atoms with Crippen molar-refractivity contribution in [2.75, 3.05) is 31.1 Å². The molecule has 3 nitrogen and oxygen atoms in total. The number of anilines is 1. The topological polar surface area (TPSA) is 23.6 Å². The van der Waals surface area contributed by atoms with Crippen LogP contribution >= 0.6 is 34.8 Å². The van der Waals surface area contributed by atoms with Crippen molar-refractivity contribution in [2.45, 2.75) is 6.42 Å². The van der Waals surface area contributed by atoms with Crippen LogP contribution < -0.4 is 4.90 Å². The van der Waals surface area contributed by atoms with Crippen LogP contribution in [-0.2, 0) is 11.2 Å². The SMILES string of the molecule is O=C(Cc1ccc(Cl)cc1)N1CCN(c2ccc(Cl)c(Cl)c2)CC1. The molecule has 126 valence electrons. The van der Waals surface area contributed by atoms with Gasteiger partial charge in [0.2, 0.25) is 5.91 Å². The molecule has 1 heterocycles. The van der Waals surface area contributed by atoms with Crippen molar-refractivity contribution in [3.05, 3.63) is 63.1 Å². The Balaban J connectivity index is 1.57. The van der Waals surface area contributed by atoms with Gasteiger partial charge in [-0.05, 0) is 35.9 Å². The second kappa shape index (κ2) is 7.64. The summed E-state index contributed by atoms with van der Waals surface area (Å²) in [5.74, 6) is 0.145. The van der Waals surface area contributed by atoms with E-state index in [0.717, 1.165) is 24.3 Å². The normalized spacial score (nSPS) is 14.8. The third-order valence-corrected chi connectivity index (χ3v) is 5.16. The van der Waals surface area contributed by atoms with Gasteiger partial charge in [0, 0.05) is 36.9 Å². The lowest BCUT2D eigenvalue weighted by molar-refractivity contribution is -0.130. The Kier molecular flexibility index (Phi) is 5.54. The van der Waals surface area contributed by atoms with E-state index in [9.17, 15) is 4.79 Å². The number of benzene rings is 2. The van der Waals surface area contributed by atoms with Crippen LogP contribution in [0.2, 0.25) is 15.1 Å². The van der Waals surface area contributed by atoms with Gasteiger partial charge >= 0.3 is 0 Å². The molecule has 2 aromatic rings. The molecule has 1 amide bonds. The number of hydrogen-bond donors (Lipinski definition) is 0. The Morgan fingerprint density at radius 3 is 2.17 bits per heavy atom. The van der Waals surface area contributed by atoms with Gasteiger partial charge in [-0.3, -0.25) is 4.79 Å². The summed E-state index contributed by atoms with van der Waals surface area (Å²) in [4.78, 5) is 16.6. The van der Waals surface area contributed by atoms with Crippen LogP contribution in [0, 0.1) is 0 Å². The molecule has 3 rings (SSSR count). The summed E-state index contributed by atoms with van der Waals surface area (Å²) >= 11 is 17.9. The van der Waals surface area contributed by atoms with Crippen LogP contribution in [0.4, 0.5) is 5.69 Å². The summed E-state index contributed by atoms with van der Waals surface area (Å²) in [7, 11) is 0. The summed E-state index contributed by atoms with van der Waals surface area (Å²) in [5.41, 5.74) is 2.02. The van der Waals surface area contributed by atoms with E-state index in [0.29, 0.717) is 34.6 Å². The maximum atomic E-state index is 12.4. The van der Waals surface area contributed by atoms with Crippen LogP contribution in [0.25, 0.3) is 0 Å². The smallest absolute Gasteiger partial charge is 0.227 e. The lowest BCUT2D eigenvalue weighted by atomic mass is 10.1. The minimum Gasteiger partial charge on any atom is -0.368 e. The molecule has 0 bridgehead atoms. The summed E-state index contributed by atoms with van der Waals surface area (Å²) < 4.78 is 0. The maximum absolute atomic E-state index is 12.4. The van der Waals surface area contributed by atoms with E-state index in [4.69, 9.17) is 34.8 Å². The number of piperazine rings is 1. The third kappa shape index (κ3) is 4.15. The highest BCUT2D eigenvalue weighted by atomic mass is 35.5. The number of carbonyl (C=O) groups is 1. The predicted octanol–water partition coefficient (Wildman–Crippen LogP) is 4.54. The monoisotopic (exact) mass is 382 g/mol. The number of hydrogen-bond acceptors (Lipinski definition) is 2. The van der Waals surface area contributed by atoms with Gasteiger partial charge in [-0.15, -0.1) is 0 Å². The molecule has 6 heteroatoms. The summed E-state index contributed by atoms with van der Waals surface area (Å²) in [5, 5.41) is 1.79. The van der Waals surface area contributed by atoms with Crippen molar-refractivity contribution in [3.63, 3.8) is 0 Å². The van der Waals surface area contributed by atoms with E-state index in [1.165, 1.54) is 0 Å². The molecule has 0 unspecified atom stereocenters. The Bertz CT molecular complexity index is 726. The van der Waals surface area contributed by atoms with E-state index >= 15 is 0 Å². The first-order valence-electron chi connectivity index (χ1n) is 7.75. The second-order valence-corrected chi connectivity index (χ2v) is 7.02. The van der Waals surface area contributed by atoms with E-state index in [2.05, 4.69) is 4.90 Å². The zero-order valence-corrected chi connectivity index (χ0v) is 15.3. The number of amides is 1. The predicted molar refractivity (Wildman–Crippen MR) is 100 cm³/mol. The van der Waals surface area contributed by atoms with Crippen molar-refractivity contribution in [2.24, 2.45) is 0 Å². The molecule has 2 aromatic carbocycles. The van der Waals surface area contributed by atoms with Crippen molar-refractivity contribution in [1.82, 2.24) is 4.90 Å². The Morgan fingerprint density at radius 2 is 1.54 bits per heavy atom. The lowest BCUT2D eigenvalue weighted by Crippen LogP contribution is -2.49. The van der Waals surface area contributed by atoms with Gasteiger partial charge in [0.05, 0.1) is 16.5 Å². The Morgan fingerprint density at radius 1 is 0.875 bits per heavy atom. The lowest BCUT2D eigenvalue weighted by Gasteiger charge is -2.36. The maximum Gasteiger partial charge on any atom is 0.227 e. The van der Waals surface area contributed by atoms with Crippen molar-refractivity contribution < 1.29 is 4.79 Å². The summed E-state index contributed by atoms with van der Waals surface area (Å²) in [6.07, 6.45) is 0.407. The molecule has 0 aromatic heterocycles. The standard InChI is InChI=1S/C18H17Cl3N2O/c19-14-3-1-13(2-4-14)11-18(24)23-9-7-22(8-10-23)15-5-6-16(20)17(21)12-15/h1-6,12H,7-11H2. The first-order valence-corrected chi connectivity index (χ1v) is 8.88. The highest BCUT2D eigenvalue weighted by Crippen LogP contribution is 2.27. The molecule has 0 spiro atoms. The fourth-order valence-electron chi connectivity index (χ4n) is 2.78. The molecular weight excluding hydrogens is 367 g/mol. The molecule has 1 fully saturated rings. The molecule has 0 atom stereocenters. The number of nitrogens with zero attached hydrogens (tertiary/aromatic N) is 2. The van der Waals surface area contributed by atoms with E-state index in [-0.39, 0.29) is 5.91 Å². The van der Waals surface area contributed by atoms with Gasteiger partial charge in [-0.25, -0.2) is 0 Å². The Hall–Kier alpha value is -1.42. The minimum atomic E-state index is 0.145. The van der Waals surface area contributed by atoms with Crippen LogP contribution in [0.15, 0.2) is 42.5 Å². The highest BCUT2D eigenvalue weighted by molar-refractivity contribution is 6.42. The van der Waals surface area contributed by atoms with Gasteiger partial charge in [0.1, 0.15) is 0 Å². The molecule has 0 radical (unpaired) electrons. The van der Waals surface area contributed by atoms with Crippen molar-refractivity contribution >= 4 is 46.4 Å². The molecule has 0 aliphatic carbocycles. The molecule has 1 aliphatic rings. The summed E-state index contributed by atoms with van der Waals surface area (Å²) in [6.45, 7) is 2.97.